The summed E-state index contributed by atoms with van der Waals surface area (Å²) in [5, 5.41) is 0. The number of hydrogen-bond acceptors (Lipinski definition) is 3. The number of carbonyl (C=O) groups excluding carboxylic acids is 1. The van der Waals surface area contributed by atoms with Crippen LogP contribution in [0.5, 0.6) is 0 Å². The van der Waals surface area contributed by atoms with Crippen molar-refractivity contribution < 1.29 is 13.9 Å². The van der Waals surface area contributed by atoms with Gasteiger partial charge in [-0.3, -0.25) is 4.79 Å². The van der Waals surface area contributed by atoms with Crippen molar-refractivity contribution in [2.45, 2.75) is 19.1 Å². The van der Waals surface area contributed by atoms with E-state index in [9.17, 15) is 9.18 Å². The zero-order chi connectivity index (χ0) is 18.6. The van der Waals surface area contributed by atoms with Gasteiger partial charge >= 0.3 is 0 Å². The van der Waals surface area contributed by atoms with Crippen LogP contribution in [0.3, 0.4) is 0 Å². The molecule has 27 heavy (non-hydrogen) atoms. The van der Waals surface area contributed by atoms with Gasteiger partial charge in [-0.2, -0.15) is 0 Å². The molecule has 0 aliphatic heterocycles. The number of ketones is 1. The molecular formula is C22H19FN2O2. The predicted molar refractivity (Wildman–Crippen MR) is 101 cm³/mol. The van der Waals surface area contributed by atoms with Crippen LogP contribution in [-0.4, -0.2) is 28.0 Å². The Morgan fingerprint density at radius 1 is 1.19 bits per heavy atom. The van der Waals surface area contributed by atoms with E-state index in [0.717, 1.165) is 11.1 Å². The van der Waals surface area contributed by atoms with Gasteiger partial charge in [-0.15, -0.1) is 0 Å². The number of nitrogens with zero attached hydrogens (tertiary/aromatic N) is 2. The number of aromatic nitrogens is 2. The van der Waals surface area contributed by atoms with E-state index in [-0.39, 0.29) is 17.7 Å². The van der Waals surface area contributed by atoms with Crippen molar-refractivity contribution in [2.75, 3.05) is 6.61 Å². The largest absolute Gasteiger partial charge is 0.371 e. The number of halogens is 1. The van der Waals surface area contributed by atoms with E-state index in [4.69, 9.17) is 4.74 Å². The van der Waals surface area contributed by atoms with E-state index in [1.807, 2.05) is 35.0 Å². The highest BCUT2D eigenvalue weighted by molar-refractivity contribution is 6.14. The van der Waals surface area contributed by atoms with Gasteiger partial charge in [-0.25, -0.2) is 9.37 Å². The molecule has 1 aliphatic carbocycles. The van der Waals surface area contributed by atoms with E-state index in [1.54, 1.807) is 30.7 Å². The van der Waals surface area contributed by atoms with Gasteiger partial charge in [0.2, 0.25) is 0 Å². The smallest absolute Gasteiger partial charge is 0.191 e. The van der Waals surface area contributed by atoms with Crippen LogP contribution >= 0.6 is 0 Å². The molecule has 0 bridgehead atoms. The number of Topliss-reactive ketones (excluding diaryl/α,β-unsaturated/α-hetero) is 1. The monoisotopic (exact) mass is 362 g/mol. The van der Waals surface area contributed by atoms with Crippen molar-refractivity contribution in [3.63, 3.8) is 0 Å². The Labute approximate surface area is 156 Å². The van der Waals surface area contributed by atoms with Gasteiger partial charge in [0, 0.05) is 36.5 Å². The average molecular weight is 362 g/mol. The lowest BCUT2D eigenvalue weighted by Crippen LogP contribution is -2.31. The Bertz CT molecular complexity index is 962. The van der Waals surface area contributed by atoms with Crippen molar-refractivity contribution >= 4 is 11.9 Å². The Hall–Kier alpha value is -3.05. The summed E-state index contributed by atoms with van der Waals surface area (Å²) in [6.45, 7) is 1.13. The second-order valence-corrected chi connectivity index (χ2v) is 6.50. The molecule has 5 heteroatoms. The van der Waals surface area contributed by atoms with Crippen molar-refractivity contribution in [2.24, 2.45) is 0 Å². The third-order valence-corrected chi connectivity index (χ3v) is 4.70. The van der Waals surface area contributed by atoms with Crippen LogP contribution in [0, 0.1) is 5.82 Å². The first-order chi connectivity index (χ1) is 13.2. The Morgan fingerprint density at radius 2 is 2.00 bits per heavy atom. The molecule has 0 amide bonds. The Kier molecular flexibility index (Phi) is 4.94. The minimum absolute atomic E-state index is 0.0335. The maximum atomic E-state index is 13.2. The molecule has 1 atom stereocenters. The molecule has 4 nitrogen and oxygen atoms in total. The molecule has 2 aromatic carbocycles. The molecule has 0 N–H and O–H groups in total. The number of benzene rings is 2. The third-order valence-electron chi connectivity index (χ3n) is 4.70. The average Bonchev–Trinajstić information content (AvgIpc) is 3.20. The molecular weight excluding hydrogens is 343 g/mol. The lowest BCUT2D eigenvalue weighted by molar-refractivity contribution is 0.0627. The van der Waals surface area contributed by atoms with Gasteiger partial charge in [0.05, 0.1) is 19.0 Å². The number of ether oxygens (including phenoxy) is 1. The first-order valence-corrected chi connectivity index (χ1v) is 8.88. The topological polar surface area (TPSA) is 44.1 Å². The second kappa shape index (κ2) is 7.68. The number of hydrogen-bond donors (Lipinski definition) is 0. The van der Waals surface area contributed by atoms with Crippen molar-refractivity contribution in [3.8, 4) is 0 Å². The summed E-state index contributed by atoms with van der Waals surface area (Å²) >= 11 is 0. The summed E-state index contributed by atoms with van der Waals surface area (Å²) in [6, 6.07) is 13.7. The summed E-state index contributed by atoms with van der Waals surface area (Å²) in [6.07, 6.45) is 7.44. The molecule has 1 aliphatic rings. The number of rotatable bonds is 5. The maximum Gasteiger partial charge on any atom is 0.191 e. The van der Waals surface area contributed by atoms with Crippen molar-refractivity contribution in [1.82, 2.24) is 9.55 Å². The van der Waals surface area contributed by atoms with Crippen LogP contribution in [0.1, 0.15) is 21.5 Å². The normalized spacial score (nSPS) is 17.9. The summed E-state index contributed by atoms with van der Waals surface area (Å²) < 4.78 is 21.2. The highest BCUT2D eigenvalue weighted by atomic mass is 19.1. The summed E-state index contributed by atoms with van der Waals surface area (Å²) in [7, 11) is 0. The third kappa shape index (κ3) is 3.88. The molecule has 136 valence electrons. The zero-order valence-electron chi connectivity index (χ0n) is 14.7. The fourth-order valence-electron chi connectivity index (χ4n) is 3.30. The summed E-state index contributed by atoms with van der Waals surface area (Å²) in [5.74, 6) is -0.334. The van der Waals surface area contributed by atoms with Crippen LogP contribution in [-0.2, 0) is 17.7 Å². The van der Waals surface area contributed by atoms with Gasteiger partial charge < -0.3 is 9.30 Å². The summed E-state index contributed by atoms with van der Waals surface area (Å²) in [4.78, 5) is 17.1. The molecule has 4 rings (SSSR count). The molecule has 1 unspecified atom stereocenters. The lowest BCUT2D eigenvalue weighted by atomic mass is 9.84. The fourth-order valence-corrected chi connectivity index (χ4v) is 3.30. The molecule has 1 heterocycles. The lowest BCUT2D eigenvalue weighted by Gasteiger charge is -2.27. The van der Waals surface area contributed by atoms with Crippen LogP contribution in [0.2, 0.25) is 0 Å². The number of imidazole rings is 1. The van der Waals surface area contributed by atoms with Crippen molar-refractivity contribution in [3.05, 3.63) is 95.3 Å². The highest BCUT2D eigenvalue weighted by Gasteiger charge is 2.30. The number of carbonyl (C=O) groups is 1. The zero-order valence-corrected chi connectivity index (χ0v) is 14.7. The van der Waals surface area contributed by atoms with E-state index in [1.165, 1.54) is 12.1 Å². The molecule has 0 spiro atoms. The minimum atomic E-state index is -0.332. The van der Waals surface area contributed by atoms with Crippen LogP contribution in [0.4, 0.5) is 4.39 Å². The van der Waals surface area contributed by atoms with Crippen LogP contribution in [0.15, 0.2) is 72.8 Å². The summed E-state index contributed by atoms with van der Waals surface area (Å²) in [5.41, 5.74) is 3.08. The highest BCUT2D eigenvalue weighted by Crippen LogP contribution is 2.29. The van der Waals surface area contributed by atoms with E-state index in [0.29, 0.717) is 30.7 Å². The molecule has 3 aromatic rings. The van der Waals surface area contributed by atoms with E-state index >= 15 is 0 Å². The Morgan fingerprint density at radius 3 is 2.78 bits per heavy atom. The number of fused-ring (bicyclic) bond motifs is 1. The standard InChI is InChI=1S/C22H19FN2O2/c23-18-7-5-16(6-8-18)13-20-21(27-12-11-25-10-9-24-15-25)14-17-3-1-2-4-19(17)22(20)26/h1-10,13,15,21H,11-12,14H2. The second-order valence-electron chi connectivity index (χ2n) is 6.50. The van der Waals surface area contributed by atoms with E-state index in [2.05, 4.69) is 4.98 Å². The van der Waals surface area contributed by atoms with Gasteiger partial charge in [0.25, 0.3) is 0 Å². The first-order valence-electron chi connectivity index (χ1n) is 8.88. The first kappa shape index (κ1) is 17.4. The van der Waals surface area contributed by atoms with Gasteiger partial charge in [0.15, 0.2) is 5.78 Å². The van der Waals surface area contributed by atoms with Crippen LogP contribution < -0.4 is 0 Å². The quantitative estimate of drug-likeness (QED) is 0.646. The maximum absolute atomic E-state index is 13.2. The molecule has 0 saturated heterocycles. The predicted octanol–water partition coefficient (Wildman–Crippen LogP) is 3.93. The Balaban J connectivity index is 1.61. The van der Waals surface area contributed by atoms with Crippen LogP contribution in [0.25, 0.3) is 6.08 Å². The fraction of sp³-hybridized carbons (Fsp3) is 0.182. The van der Waals surface area contributed by atoms with Gasteiger partial charge in [0.1, 0.15) is 5.82 Å². The van der Waals surface area contributed by atoms with Gasteiger partial charge in [-0.05, 0) is 29.3 Å². The van der Waals surface area contributed by atoms with E-state index < -0.39 is 0 Å². The molecule has 0 fully saturated rings. The van der Waals surface area contributed by atoms with Crippen molar-refractivity contribution in [1.29, 1.82) is 0 Å². The SMILES string of the molecule is O=C1C(=Cc2ccc(F)cc2)C(OCCn2ccnc2)Cc2ccccc21. The molecule has 0 saturated carbocycles. The molecule has 0 radical (unpaired) electrons. The minimum Gasteiger partial charge on any atom is -0.371 e. The molecule has 1 aromatic heterocycles. The van der Waals surface area contributed by atoms with Gasteiger partial charge in [-0.1, -0.05) is 36.4 Å².